The first-order valence-corrected chi connectivity index (χ1v) is 11.6. The van der Waals surface area contributed by atoms with Crippen LogP contribution in [-0.2, 0) is 19.1 Å². The third-order valence-corrected chi connectivity index (χ3v) is 5.10. The highest BCUT2D eigenvalue weighted by Crippen LogP contribution is 2.17. The largest absolute Gasteiger partial charge is 0.462 e. The van der Waals surface area contributed by atoms with Crippen LogP contribution >= 0.6 is 0 Å². The molecule has 0 radical (unpaired) electrons. The van der Waals surface area contributed by atoms with Gasteiger partial charge in [0.15, 0.2) is 0 Å². The van der Waals surface area contributed by atoms with Crippen molar-refractivity contribution < 1.29 is 19.1 Å². The average molecular weight is 397 g/mol. The van der Waals surface area contributed by atoms with Gasteiger partial charge in [-0.3, -0.25) is 0 Å². The van der Waals surface area contributed by atoms with E-state index in [9.17, 15) is 9.59 Å². The van der Waals surface area contributed by atoms with Crippen LogP contribution in [0.1, 0.15) is 105 Å². The molecule has 164 valence electrons. The molecule has 0 aliphatic carbocycles. The number of rotatable bonds is 18. The second-order valence-electron chi connectivity index (χ2n) is 7.89. The molecule has 0 saturated heterocycles. The minimum atomic E-state index is -0.457. The standard InChI is InChI=1S/C24H44O4/c1-5-9-11-15-21(13-7-3)19-27-23(25)17-18-24(26)28-20-22(14-8-4)16-12-10-6-2/h17-18,21-22H,5-16,19-20H2,1-4H3/b18-17+. The molecule has 0 fully saturated rings. The van der Waals surface area contributed by atoms with Crippen molar-refractivity contribution in [2.45, 2.75) is 105 Å². The van der Waals surface area contributed by atoms with E-state index in [0.29, 0.717) is 25.0 Å². The van der Waals surface area contributed by atoms with Gasteiger partial charge in [0.1, 0.15) is 0 Å². The summed E-state index contributed by atoms with van der Waals surface area (Å²) >= 11 is 0. The van der Waals surface area contributed by atoms with Gasteiger partial charge in [-0.15, -0.1) is 0 Å². The minimum Gasteiger partial charge on any atom is -0.462 e. The SMILES string of the molecule is CCCCCC(CCC)COC(=O)/C=C/C(=O)OCC(CCC)CCCCC. The van der Waals surface area contributed by atoms with E-state index in [1.165, 1.54) is 50.7 Å². The summed E-state index contributed by atoms with van der Waals surface area (Å²) in [6.45, 7) is 9.55. The molecule has 0 aromatic rings. The summed E-state index contributed by atoms with van der Waals surface area (Å²) in [6.07, 6.45) is 16.1. The molecule has 0 spiro atoms. The molecule has 0 saturated carbocycles. The third-order valence-electron chi connectivity index (χ3n) is 5.10. The zero-order chi connectivity index (χ0) is 21.0. The van der Waals surface area contributed by atoms with Crippen LogP contribution in [-0.4, -0.2) is 25.2 Å². The summed E-state index contributed by atoms with van der Waals surface area (Å²) in [5.74, 6) is -0.0826. The molecule has 0 aromatic carbocycles. The lowest BCUT2D eigenvalue weighted by Crippen LogP contribution is -2.15. The molecular formula is C24H44O4. The summed E-state index contributed by atoms with van der Waals surface area (Å²) in [5, 5.41) is 0. The van der Waals surface area contributed by atoms with Crippen molar-refractivity contribution in [1.82, 2.24) is 0 Å². The monoisotopic (exact) mass is 396 g/mol. The first kappa shape index (κ1) is 26.7. The lowest BCUT2D eigenvalue weighted by molar-refractivity contribution is -0.142. The fourth-order valence-electron chi connectivity index (χ4n) is 3.44. The van der Waals surface area contributed by atoms with Crippen LogP contribution < -0.4 is 0 Å². The van der Waals surface area contributed by atoms with Gasteiger partial charge in [-0.1, -0.05) is 79.1 Å². The van der Waals surface area contributed by atoms with Crippen molar-refractivity contribution in [3.63, 3.8) is 0 Å². The van der Waals surface area contributed by atoms with Crippen molar-refractivity contribution in [3.8, 4) is 0 Å². The van der Waals surface area contributed by atoms with E-state index in [-0.39, 0.29) is 0 Å². The summed E-state index contributed by atoms with van der Waals surface area (Å²) in [7, 11) is 0. The van der Waals surface area contributed by atoms with Gasteiger partial charge >= 0.3 is 11.9 Å². The Kier molecular flexibility index (Phi) is 18.1. The van der Waals surface area contributed by atoms with Crippen LogP contribution in [0.5, 0.6) is 0 Å². The zero-order valence-corrected chi connectivity index (χ0v) is 18.8. The number of hydrogen-bond donors (Lipinski definition) is 0. The second kappa shape index (κ2) is 19.0. The van der Waals surface area contributed by atoms with Crippen LogP contribution in [0.4, 0.5) is 0 Å². The van der Waals surface area contributed by atoms with Gasteiger partial charge in [0.2, 0.25) is 0 Å². The highest BCUT2D eigenvalue weighted by molar-refractivity contribution is 5.91. The van der Waals surface area contributed by atoms with Gasteiger partial charge in [-0.25, -0.2) is 9.59 Å². The predicted molar refractivity (Wildman–Crippen MR) is 116 cm³/mol. The van der Waals surface area contributed by atoms with Gasteiger partial charge in [-0.2, -0.15) is 0 Å². The fourth-order valence-corrected chi connectivity index (χ4v) is 3.44. The Balaban J connectivity index is 4.19. The predicted octanol–water partition coefficient (Wildman–Crippen LogP) is 6.62. The first-order valence-electron chi connectivity index (χ1n) is 11.6. The first-order chi connectivity index (χ1) is 13.6. The van der Waals surface area contributed by atoms with E-state index in [2.05, 4.69) is 27.7 Å². The van der Waals surface area contributed by atoms with Gasteiger partial charge in [0.05, 0.1) is 13.2 Å². The number of carbonyl (C=O) groups excluding carboxylic acids is 2. The van der Waals surface area contributed by atoms with Crippen LogP contribution in [0, 0.1) is 11.8 Å². The Morgan fingerprint density at radius 3 is 1.32 bits per heavy atom. The van der Waals surface area contributed by atoms with E-state index in [4.69, 9.17) is 9.47 Å². The van der Waals surface area contributed by atoms with Crippen LogP contribution in [0.15, 0.2) is 12.2 Å². The van der Waals surface area contributed by atoms with Crippen molar-refractivity contribution in [2.24, 2.45) is 11.8 Å². The van der Waals surface area contributed by atoms with Crippen molar-refractivity contribution in [2.75, 3.05) is 13.2 Å². The Bertz CT molecular complexity index is 379. The van der Waals surface area contributed by atoms with Gasteiger partial charge in [-0.05, 0) is 37.5 Å². The van der Waals surface area contributed by atoms with Crippen LogP contribution in [0.25, 0.3) is 0 Å². The van der Waals surface area contributed by atoms with E-state index in [0.717, 1.165) is 38.5 Å². The molecule has 4 nitrogen and oxygen atoms in total. The maximum atomic E-state index is 11.9. The fraction of sp³-hybridized carbons (Fsp3) is 0.833. The Labute approximate surface area is 173 Å². The number of esters is 2. The van der Waals surface area contributed by atoms with Gasteiger partial charge < -0.3 is 9.47 Å². The number of hydrogen-bond acceptors (Lipinski definition) is 4. The van der Waals surface area contributed by atoms with Gasteiger partial charge in [0, 0.05) is 12.2 Å². The topological polar surface area (TPSA) is 52.6 Å². The number of ether oxygens (including phenoxy) is 2. The lowest BCUT2D eigenvalue weighted by Gasteiger charge is -2.16. The molecule has 2 unspecified atom stereocenters. The molecule has 4 heteroatoms. The van der Waals surface area contributed by atoms with Gasteiger partial charge in [0.25, 0.3) is 0 Å². The van der Waals surface area contributed by atoms with Crippen molar-refractivity contribution >= 4 is 11.9 Å². The van der Waals surface area contributed by atoms with E-state index in [1.54, 1.807) is 0 Å². The quantitative estimate of drug-likeness (QED) is 0.148. The summed E-state index contributed by atoms with van der Waals surface area (Å²) in [6, 6.07) is 0. The maximum absolute atomic E-state index is 11.9. The van der Waals surface area contributed by atoms with Crippen LogP contribution in [0.3, 0.4) is 0 Å². The van der Waals surface area contributed by atoms with E-state index >= 15 is 0 Å². The third kappa shape index (κ3) is 15.7. The molecule has 0 aromatic heterocycles. The summed E-state index contributed by atoms with van der Waals surface area (Å²) < 4.78 is 10.7. The molecule has 0 aliphatic heterocycles. The zero-order valence-electron chi connectivity index (χ0n) is 18.8. The normalized spacial score (nSPS) is 13.4. The highest BCUT2D eigenvalue weighted by atomic mass is 16.5. The lowest BCUT2D eigenvalue weighted by atomic mass is 9.97. The Morgan fingerprint density at radius 1 is 0.607 bits per heavy atom. The Hall–Kier alpha value is -1.32. The molecule has 2 atom stereocenters. The molecule has 0 bridgehead atoms. The smallest absolute Gasteiger partial charge is 0.331 e. The van der Waals surface area contributed by atoms with E-state index < -0.39 is 11.9 Å². The highest BCUT2D eigenvalue weighted by Gasteiger charge is 2.12. The summed E-state index contributed by atoms with van der Waals surface area (Å²) in [4.78, 5) is 23.8. The molecule has 0 N–H and O–H groups in total. The number of carbonyl (C=O) groups is 2. The molecule has 0 rings (SSSR count). The molecule has 28 heavy (non-hydrogen) atoms. The second-order valence-corrected chi connectivity index (χ2v) is 7.89. The molecular weight excluding hydrogens is 352 g/mol. The minimum absolute atomic E-state index is 0.416. The molecule has 0 amide bonds. The van der Waals surface area contributed by atoms with Crippen LogP contribution in [0.2, 0.25) is 0 Å². The van der Waals surface area contributed by atoms with E-state index in [1.807, 2.05) is 0 Å². The maximum Gasteiger partial charge on any atom is 0.331 e. The number of unbranched alkanes of at least 4 members (excludes halogenated alkanes) is 4. The molecule has 0 heterocycles. The average Bonchev–Trinajstić information content (AvgIpc) is 2.68. The Morgan fingerprint density at radius 2 is 1.00 bits per heavy atom. The summed E-state index contributed by atoms with van der Waals surface area (Å²) in [5.41, 5.74) is 0. The van der Waals surface area contributed by atoms with Crippen molar-refractivity contribution in [3.05, 3.63) is 12.2 Å². The molecule has 0 aliphatic rings. The van der Waals surface area contributed by atoms with Crippen molar-refractivity contribution in [1.29, 1.82) is 0 Å².